The fourth-order valence-corrected chi connectivity index (χ4v) is 3.08. The standard InChI is InChI=1S/C17H20N4/c1-14-10-19-21(11-14)13-17-7-4-8-20(17)12-16-6-3-2-5-15(16)9-18/h2-3,5-6,10-11,17H,4,7-8,12-13H2,1H3. The number of hydrogen-bond acceptors (Lipinski definition) is 3. The van der Waals surface area contributed by atoms with Gasteiger partial charge in [0, 0.05) is 18.8 Å². The summed E-state index contributed by atoms with van der Waals surface area (Å²) in [6, 6.07) is 10.7. The second kappa shape index (κ2) is 6.11. The minimum atomic E-state index is 0.510. The Balaban J connectivity index is 1.71. The van der Waals surface area contributed by atoms with Crippen LogP contribution in [-0.2, 0) is 13.1 Å². The Morgan fingerprint density at radius 2 is 2.24 bits per heavy atom. The van der Waals surface area contributed by atoms with Crippen LogP contribution in [0.4, 0.5) is 0 Å². The van der Waals surface area contributed by atoms with Gasteiger partial charge in [0.1, 0.15) is 0 Å². The first-order valence-corrected chi connectivity index (χ1v) is 7.47. The molecule has 0 saturated carbocycles. The van der Waals surface area contributed by atoms with Crippen LogP contribution in [0.5, 0.6) is 0 Å². The third kappa shape index (κ3) is 3.14. The van der Waals surface area contributed by atoms with Crippen molar-refractivity contribution in [1.82, 2.24) is 14.7 Å². The van der Waals surface area contributed by atoms with Crippen molar-refractivity contribution in [2.24, 2.45) is 0 Å². The molecule has 0 amide bonds. The largest absolute Gasteiger partial charge is 0.294 e. The van der Waals surface area contributed by atoms with Crippen molar-refractivity contribution in [2.45, 2.75) is 38.9 Å². The van der Waals surface area contributed by atoms with Gasteiger partial charge in [-0.1, -0.05) is 18.2 Å². The maximum Gasteiger partial charge on any atom is 0.0995 e. The number of nitrogens with zero attached hydrogens (tertiary/aromatic N) is 4. The monoisotopic (exact) mass is 280 g/mol. The zero-order valence-corrected chi connectivity index (χ0v) is 12.4. The Morgan fingerprint density at radius 1 is 1.38 bits per heavy atom. The Morgan fingerprint density at radius 3 is 3.00 bits per heavy atom. The fraction of sp³-hybridized carbons (Fsp3) is 0.412. The Labute approximate surface area is 125 Å². The molecule has 1 aliphatic heterocycles. The Kier molecular flexibility index (Phi) is 4.03. The van der Waals surface area contributed by atoms with Gasteiger partial charge >= 0.3 is 0 Å². The lowest BCUT2D eigenvalue weighted by Crippen LogP contribution is -2.32. The first-order chi connectivity index (χ1) is 10.3. The predicted octanol–water partition coefficient (Wildman–Crippen LogP) is 2.73. The molecule has 1 aromatic carbocycles. The third-order valence-electron chi connectivity index (χ3n) is 4.17. The quantitative estimate of drug-likeness (QED) is 0.865. The highest BCUT2D eigenvalue weighted by atomic mass is 15.3. The highest BCUT2D eigenvalue weighted by Gasteiger charge is 2.25. The van der Waals surface area contributed by atoms with E-state index in [4.69, 9.17) is 0 Å². The summed E-state index contributed by atoms with van der Waals surface area (Å²) in [7, 11) is 0. The van der Waals surface area contributed by atoms with Gasteiger partial charge in [0.15, 0.2) is 0 Å². The predicted molar refractivity (Wildman–Crippen MR) is 81.6 cm³/mol. The van der Waals surface area contributed by atoms with Crippen molar-refractivity contribution in [3.8, 4) is 6.07 Å². The summed E-state index contributed by atoms with van der Waals surface area (Å²) >= 11 is 0. The first-order valence-electron chi connectivity index (χ1n) is 7.47. The molecule has 4 heteroatoms. The number of likely N-dealkylation sites (tertiary alicyclic amines) is 1. The van der Waals surface area contributed by atoms with Gasteiger partial charge in [-0.05, 0) is 43.5 Å². The van der Waals surface area contributed by atoms with Crippen molar-refractivity contribution in [3.63, 3.8) is 0 Å². The average molecular weight is 280 g/mol. The maximum absolute atomic E-state index is 9.21. The molecule has 2 aromatic rings. The molecule has 0 radical (unpaired) electrons. The van der Waals surface area contributed by atoms with Gasteiger partial charge in [0.2, 0.25) is 0 Å². The third-order valence-corrected chi connectivity index (χ3v) is 4.17. The summed E-state index contributed by atoms with van der Waals surface area (Å²) in [4.78, 5) is 2.48. The smallest absolute Gasteiger partial charge is 0.0995 e. The molecule has 3 rings (SSSR count). The van der Waals surface area contributed by atoms with Crippen LogP contribution in [0.1, 0.15) is 29.5 Å². The average Bonchev–Trinajstić information content (AvgIpc) is 3.10. The van der Waals surface area contributed by atoms with Crippen LogP contribution in [0.3, 0.4) is 0 Å². The van der Waals surface area contributed by atoms with E-state index >= 15 is 0 Å². The maximum atomic E-state index is 9.21. The van der Waals surface area contributed by atoms with Gasteiger partial charge in [-0.3, -0.25) is 9.58 Å². The molecule has 0 bridgehead atoms. The minimum absolute atomic E-state index is 0.510. The van der Waals surface area contributed by atoms with Crippen LogP contribution in [-0.4, -0.2) is 27.3 Å². The summed E-state index contributed by atoms with van der Waals surface area (Å²) in [5.74, 6) is 0. The number of benzene rings is 1. The second-order valence-corrected chi connectivity index (χ2v) is 5.78. The van der Waals surface area contributed by atoms with Gasteiger partial charge in [-0.15, -0.1) is 0 Å². The lowest BCUT2D eigenvalue weighted by Gasteiger charge is -2.24. The molecule has 1 fully saturated rings. The molecule has 0 aliphatic carbocycles. The number of aryl methyl sites for hydroxylation is 1. The van der Waals surface area contributed by atoms with E-state index in [0.717, 1.165) is 30.8 Å². The summed E-state index contributed by atoms with van der Waals surface area (Å²) in [6.45, 7) is 4.96. The van der Waals surface area contributed by atoms with Gasteiger partial charge in [0.25, 0.3) is 0 Å². The van der Waals surface area contributed by atoms with Crippen LogP contribution in [0.15, 0.2) is 36.7 Å². The second-order valence-electron chi connectivity index (χ2n) is 5.78. The molecule has 1 atom stereocenters. The van der Waals surface area contributed by atoms with Crippen molar-refractivity contribution in [2.75, 3.05) is 6.54 Å². The molecular weight excluding hydrogens is 260 g/mol. The van der Waals surface area contributed by atoms with E-state index in [-0.39, 0.29) is 0 Å². The van der Waals surface area contributed by atoms with E-state index in [0.29, 0.717) is 6.04 Å². The zero-order valence-electron chi connectivity index (χ0n) is 12.4. The van der Waals surface area contributed by atoms with Gasteiger partial charge < -0.3 is 0 Å². The molecule has 0 N–H and O–H groups in total. The van der Waals surface area contributed by atoms with Crippen molar-refractivity contribution < 1.29 is 0 Å². The fourth-order valence-electron chi connectivity index (χ4n) is 3.08. The first kappa shape index (κ1) is 13.8. The van der Waals surface area contributed by atoms with Crippen LogP contribution in [0.2, 0.25) is 0 Å². The minimum Gasteiger partial charge on any atom is -0.294 e. The summed E-state index contributed by atoms with van der Waals surface area (Å²) in [5, 5.41) is 13.6. The van der Waals surface area contributed by atoms with Gasteiger partial charge in [0.05, 0.1) is 24.4 Å². The zero-order chi connectivity index (χ0) is 14.7. The highest BCUT2D eigenvalue weighted by molar-refractivity contribution is 5.37. The molecule has 1 aliphatic rings. The SMILES string of the molecule is Cc1cnn(CC2CCCN2Cc2ccccc2C#N)c1. The number of hydrogen-bond donors (Lipinski definition) is 0. The topological polar surface area (TPSA) is 44.9 Å². The molecule has 4 nitrogen and oxygen atoms in total. The Bertz CT molecular complexity index is 653. The molecule has 0 spiro atoms. The van der Waals surface area contributed by atoms with Crippen LogP contribution < -0.4 is 0 Å². The van der Waals surface area contributed by atoms with Crippen molar-refractivity contribution in [1.29, 1.82) is 5.26 Å². The van der Waals surface area contributed by atoms with Crippen LogP contribution in [0.25, 0.3) is 0 Å². The molecule has 1 aromatic heterocycles. The highest BCUT2D eigenvalue weighted by Crippen LogP contribution is 2.22. The van der Waals surface area contributed by atoms with Gasteiger partial charge in [-0.2, -0.15) is 10.4 Å². The lowest BCUT2D eigenvalue weighted by molar-refractivity contribution is 0.219. The van der Waals surface area contributed by atoms with E-state index in [1.165, 1.54) is 18.4 Å². The number of aromatic nitrogens is 2. The molecule has 1 unspecified atom stereocenters. The Hall–Kier alpha value is -2.12. The van der Waals surface area contributed by atoms with Crippen molar-refractivity contribution in [3.05, 3.63) is 53.3 Å². The van der Waals surface area contributed by atoms with Crippen LogP contribution in [0, 0.1) is 18.3 Å². The molecule has 21 heavy (non-hydrogen) atoms. The van der Waals surface area contributed by atoms with E-state index in [1.807, 2.05) is 29.1 Å². The van der Waals surface area contributed by atoms with Crippen molar-refractivity contribution >= 4 is 0 Å². The summed E-state index contributed by atoms with van der Waals surface area (Å²) in [5.41, 5.74) is 3.12. The lowest BCUT2D eigenvalue weighted by atomic mass is 10.1. The molecule has 108 valence electrons. The molecular formula is C17H20N4. The molecule has 2 heterocycles. The van der Waals surface area contributed by atoms with Gasteiger partial charge in [-0.25, -0.2) is 0 Å². The number of nitriles is 1. The van der Waals surface area contributed by atoms with E-state index in [9.17, 15) is 5.26 Å². The summed E-state index contributed by atoms with van der Waals surface area (Å²) < 4.78 is 2.04. The van der Waals surface area contributed by atoms with E-state index in [1.54, 1.807) is 0 Å². The van der Waals surface area contributed by atoms with E-state index in [2.05, 4.69) is 35.3 Å². The van der Waals surface area contributed by atoms with E-state index < -0.39 is 0 Å². The normalized spacial score (nSPS) is 18.8. The number of rotatable bonds is 4. The molecule has 1 saturated heterocycles. The summed E-state index contributed by atoms with van der Waals surface area (Å²) in [6.07, 6.45) is 6.43. The van der Waals surface area contributed by atoms with Crippen LogP contribution >= 0.6 is 0 Å².